The van der Waals surface area contributed by atoms with Gasteiger partial charge in [-0.25, -0.2) is 4.79 Å². The van der Waals surface area contributed by atoms with Crippen molar-refractivity contribution in [3.63, 3.8) is 0 Å². The molecule has 196 valence electrons. The van der Waals surface area contributed by atoms with Gasteiger partial charge in [0, 0.05) is 10.4 Å². The maximum atomic E-state index is 13.5. The van der Waals surface area contributed by atoms with Crippen molar-refractivity contribution in [2.45, 2.75) is 52.1 Å². The lowest BCUT2D eigenvalue weighted by Crippen LogP contribution is -2.34. The van der Waals surface area contributed by atoms with Gasteiger partial charge in [-0.05, 0) is 56.7 Å². The third-order valence-corrected chi connectivity index (χ3v) is 7.81. The standard InChI is InChI=1S/C30H29NO6S/c1-3-21(28(33)31-29-24(30(34)35-4-2)20-15-9-11-17-23(20)38-29)36-27-25(32)19-14-8-10-16-22(19)37-26(27)18-12-6-5-7-13-18/h5-8,10,12-14,16,21H,3-4,9,11,15,17H2,1-2H3,(H,31,33). The predicted molar refractivity (Wildman–Crippen MR) is 148 cm³/mol. The van der Waals surface area contributed by atoms with Crippen molar-refractivity contribution in [3.05, 3.63) is 80.8 Å². The minimum Gasteiger partial charge on any atom is -0.473 e. The zero-order chi connectivity index (χ0) is 26.6. The fraction of sp³-hybridized carbons (Fsp3) is 0.300. The molecule has 8 heteroatoms. The van der Waals surface area contributed by atoms with Crippen LogP contribution in [0.4, 0.5) is 5.00 Å². The molecule has 1 atom stereocenters. The molecular formula is C30H29NO6S. The Bertz CT molecular complexity index is 1540. The topological polar surface area (TPSA) is 94.8 Å². The van der Waals surface area contributed by atoms with Gasteiger partial charge >= 0.3 is 5.97 Å². The van der Waals surface area contributed by atoms with E-state index in [1.165, 1.54) is 11.3 Å². The van der Waals surface area contributed by atoms with E-state index in [1.54, 1.807) is 38.1 Å². The van der Waals surface area contributed by atoms with Gasteiger partial charge in [0.15, 0.2) is 11.9 Å². The molecule has 38 heavy (non-hydrogen) atoms. The van der Waals surface area contributed by atoms with Crippen molar-refractivity contribution in [1.82, 2.24) is 0 Å². The summed E-state index contributed by atoms with van der Waals surface area (Å²) in [6.45, 7) is 3.81. The molecule has 1 amide bonds. The molecule has 2 aromatic heterocycles. The summed E-state index contributed by atoms with van der Waals surface area (Å²) in [5.74, 6) is -0.631. The van der Waals surface area contributed by atoms with Gasteiger partial charge in [-0.1, -0.05) is 49.4 Å². The number of amides is 1. The summed E-state index contributed by atoms with van der Waals surface area (Å²) >= 11 is 1.42. The van der Waals surface area contributed by atoms with Crippen molar-refractivity contribution in [2.24, 2.45) is 0 Å². The van der Waals surface area contributed by atoms with Crippen molar-refractivity contribution >= 4 is 39.2 Å². The van der Waals surface area contributed by atoms with E-state index >= 15 is 0 Å². The van der Waals surface area contributed by atoms with Gasteiger partial charge in [-0.15, -0.1) is 11.3 Å². The van der Waals surface area contributed by atoms with Gasteiger partial charge < -0.3 is 19.2 Å². The minimum absolute atomic E-state index is 0.0204. The molecule has 5 rings (SSSR count). The summed E-state index contributed by atoms with van der Waals surface area (Å²) in [6.07, 6.45) is 2.99. The van der Waals surface area contributed by atoms with Crippen LogP contribution in [0.1, 0.15) is 53.9 Å². The van der Waals surface area contributed by atoms with Crippen LogP contribution in [0.15, 0.2) is 63.8 Å². The Labute approximate surface area is 224 Å². The normalized spacial score (nSPS) is 13.5. The average Bonchev–Trinajstić information content (AvgIpc) is 3.31. The van der Waals surface area contributed by atoms with Crippen molar-refractivity contribution < 1.29 is 23.5 Å². The second-order valence-corrected chi connectivity index (χ2v) is 10.2. The molecule has 0 bridgehead atoms. The Morgan fingerprint density at radius 1 is 1.03 bits per heavy atom. The highest BCUT2D eigenvalue weighted by atomic mass is 32.1. The van der Waals surface area contributed by atoms with E-state index in [2.05, 4.69) is 5.32 Å². The number of anilines is 1. The number of nitrogens with one attached hydrogen (secondary N) is 1. The molecule has 1 aliphatic carbocycles. The van der Waals surface area contributed by atoms with Crippen LogP contribution in [-0.4, -0.2) is 24.6 Å². The number of ether oxygens (including phenoxy) is 2. The lowest BCUT2D eigenvalue weighted by Gasteiger charge is -2.19. The average molecular weight is 532 g/mol. The van der Waals surface area contributed by atoms with Gasteiger partial charge in [0.2, 0.25) is 11.2 Å². The molecule has 0 aliphatic heterocycles. The third-order valence-electron chi connectivity index (χ3n) is 6.60. The summed E-state index contributed by atoms with van der Waals surface area (Å²) in [6, 6.07) is 16.1. The van der Waals surface area contributed by atoms with Crippen LogP contribution in [0.25, 0.3) is 22.3 Å². The van der Waals surface area contributed by atoms with E-state index in [0.717, 1.165) is 36.1 Å². The minimum atomic E-state index is -0.990. The van der Waals surface area contributed by atoms with Crippen LogP contribution in [0, 0.1) is 0 Å². The van der Waals surface area contributed by atoms with Crippen molar-refractivity contribution in [1.29, 1.82) is 0 Å². The van der Waals surface area contributed by atoms with Crippen molar-refractivity contribution in [3.8, 4) is 17.1 Å². The summed E-state index contributed by atoms with van der Waals surface area (Å²) in [7, 11) is 0. The Morgan fingerprint density at radius 2 is 1.76 bits per heavy atom. The van der Waals surface area contributed by atoms with E-state index in [9.17, 15) is 14.4 Å². The zero-order valence-corrected chi connectivity index (χ0v) is 22.2. The largest absolute Gasteiger partial charge is 0.473 e. The number of fused-ring (bicyclic) bond motifs is 2. The van der Waals surface area contributed by atoms with Crippen LogP contribution in [0.2, 0.25) is 0 Å². The maximum Gasteiger partial charge on any atom is 0.341 e. The molecule has 1 N–H and O–H groups in total. The SMILES string of the molecule is CCOC(=O)c1c(NC(=O)C(CC)Oc2c(-c3ccccc3)oc3ccccc3c2=O)sc2c1CCCC2. The van der Waals surface area contributed by atoms with Crippen molar-refractivity contribution in [2.75, 3.05) is 11.9 Å². The Hall–Kier alpha value is -3.91. The first-order chi connectivity index (χ1) is 18.5. The number of hydrogen-bond donors (Lipinski definition) is 1. The summed E-state index contributed by atoms with van der Waals surface area (Å²) < 4.78 is 17.6. The van der Waals surface area contributed by atoms with Gasteiger partial charge in [0.05, 0.1) is 17.6 Å². The van der Waals surface area contributed by atoms with Gasteiger partial charge in [0.25, 0.3) is 5.91 Å². The number of aryl methyl sites for hydroxylation is 1. The number of hydrogen-bond acceptors (Lipinski definition) is 7. The molecule has 0 fully saturated rings. The summed E-state index contributed by atoms with van der Waals surface area (Å²) in [4.78, 5) is 41.0. The van der Waals surface area contributed by atoms with Crippen LogP contribution in [-0.2, 0) is 22.4 Å². The Morgan fingerprint density at radius 3 is 2.53 bits per heavy atom. The van der Waals surface area contributed by atoms with Gasteiger partial charge in [-0.2, -0.15) is 0 Å². The van der Waals surface area contributed by atoms with Crippen LogP contribution in [0.3, 0.4) is 0 Å². The monoisotopic (exact) mass is 531 g/mol. The molecule has 2 heterocycles. The molecule has 0 radical (unpaired) electrons. The molecule has 0 saturated carbocycles. The predicted octanol–water partition coefficient (Wildman–Crippen LogP) is 6.37. The fourth-order valence-corrected chi connectivity index (χ4v) is 6.02. The van der Waals surface area contributed by atoms with Crippen LogP contribution >= 0.6 is 11.3 Å². The molecule has 7 nitrogen and oxygen atoms in total. The number of carbonyl (C=O) groups excluding carboxylic acids is 2. The lowest BCUT2D eigenvalue weighted by atomic mass is 9.95. The highest BCUT2D eigenvalue weighted by Crippen LogP contribution is 2.39. The number of benzene rings is 2. The molecule has 1 unspecified atom stereocenters. The van der Waals surface area contributed by atoms with E-state index in [1.807, 2.05) is 30.3 Å². The quantitative estimate of drug-likeness (QED) is 0.265. The molecule has 4 aromatic rings. The first-order valence-electron chi connectivity index (χ1n) is 12.9. The second kappa shape index (κ2) is 11.2. The molecule has 0 spiro atoms. The lowest BCUT2D eigenvalue weighted by molar-refractivity contribution is -0.122. The van der Waals surface area contributed by atoms with E-state index in [0.29, 0.717) is 33.5 Å². The van der Waals surface area contributed by atoms with Crippen LogP contribution in [0.5, 0.6) is 5.75 Å². The summed E-state index contributed by atoms with van der Waals surface area (Å²) in [5.41, 5.74) is 2.15. The zero-order valence-electron chi connectivity index (χ0n) is 21.4. The molecular weight excluding hydrogens is 502 g/mol. The number of thiophene rings is 1. The number of rotatable bonds is 8. The molecule has 2 aromatic carbocycles. The van der Waals surface area contributed by atoms with Gasteiger partial charge in [-0.3, -0.25) is 9.59 Å². The first kappa shape index (κ1) is 25.7. The number of carbonyl (C=O) groups is 2. The first-order valence-corrected chi connectivity index (χ1v) is 13.7. The van der Waals surface area contributed by atoms with Crippen LogP contribution < -0.4 is 15.5 Å². The third kappa shape index (κ3) is 4.96. The van der Waals surface area contributed by atoms with Gasteiger partial charge in [0.1, 0.15) is 10.6 Å². The second-order valence-electron chi connectivity index (χ2n) is 9.09. The summed E-state index contributed by atoms with van der Waals surface area (Å²) in [5, 5.41) is 3.75. The van der Waals surface area contributed by atoms with E-state index < -0.39 is 18.0 Å². The molecule has 1 aliphatic rings. The smallest absolute Gasteiger partial charge is 0.341 e. The maximum absolute atomic E-state index is 13.5. The van der Waals surface area contributed by atoms with E-state index in [4.69, 9.17) is 13.9 Å². The fourth-order valence-electron chi connectivity index (χ4n) is 4.74. The Balaban J connectivity index is 1.50. The molecule has 0 saturated heterocycles. The number of esters is 1. The van der Waals surface area contributed by atoms with E-state index in [-0.39, 0.29) is 23.5 Å². The number of para-hydroxylation sites is 1. The highest BCUT2D eigenvalue weighted by Gasteiger charge is 2.30. The highest BCUT2D eigenvalue weighted by molar-refractivity contribution is 7.17. The Kier molecular flexibility index (Phi) is 7.60.